The van der Waals surface area contributed by atoms with E-state index in [1.54, 1.807) is 18.0 Å². The summed E-state index contributed by atoms with van der Waals surface area (Å²) in [5.74, 6) is -0.0562. The van der Waals surface area contributed by atoms with Gasteiger partial charge in [0.1, 0.15) is 5.69 Å². The summed E-state index contributed by atoms with van der Waals surface area (Å²) in [6, 6.07) is 4.68. The summed E-state index contributed by atoms with van der Waals surface area (Å²) in [6.45, 7) is 3.33. The molecule has 0 saturated carbocycles. The Bertz CT molecular complexity index is 491. The third-order valence-corrected chi connectivity index (χ3v) is 2.73. The Morgan fingerprint density at radius 2 is 2.20 bits per heavy atom. The molecule has 7 heteroatoms. The van der Waals surface area contributed by atoms with Gasteiger partial charge in [-0.15, -0.1) is 0 Å². The van der Waals surface area contributed by atoms with E-state index in [-0.39, 0.29) is 23.8 Å². The van der Waals surface area contributed by atoms with Crippen molar-refractivity contribution < 1.29 is 9.72 Å². The van der Waals surface area contributed by atoms with Gasteiger partial charge in [-0.3, -0.25) is 19.8 Å². The van der Waals surface area contributed by atoms with Crippen LogP contribution in [0.15, 0.2) is 18.2 Å². The molecule has 0 fully saturated rings. The minimum absolute atomic E-state index is 0.0562. The quantitative estimate of drug-likeness (QED) is 0.443. The van der Waals surface area contributed by atoms with Crippen molar-refractivity contribution in [1.82, 2.24) is 10.2 Å². The van der Waals surface area contributed by atoms with Crippen molar-refractivity contribution in [2.75, 3.05) is 25.9 Å². The van der Waals surface area contributed by atoms with E-state index < -0.39 is 4.92 Å². The van der Waals surface area contributed by atoms with Crippen LogP contribution in [0.2, 0.25) is 0 Å². The van der Waals surface area contributed by atoms with E-state index >= 15 is 0 Å². The smallest absolute Gasteiger partial charge is 0.292 e. The van der Waals surface area contributed by atoms with Crippen LogP contribution in [0.25, 0.3) is 0 Å². The highest BCUT2D eigenvalue weighted by molar-refractivity contribution is 5.77. The monoisotopic (exact) mass is 280 g/mol. The van der Waals surface area contributed by atoms with Crippen LogP contribution < -0.4 is 11.1 Å². The molecule has 0 heterocycles. The van der Waals surface area contributed by atoms with Gasteiger partial charge in [0.05, 0.1) is 11.5 Å². The van der Waals surface area contributed by atoms with Gasteiger partial charge >= 0.3 is 0 Å². The second kappa shape index (κ2) is 7.44. The SMILES string of the molecule is CCCNC(=O)CN(C)Cc1ccc(N)c([N+](=O)[O-])c1. The predicted molar refractivity (Wildman–Crippen MR) is 77.1 cm³/mol. The average molecular weight is 280 g/mol. The third kappa shape index (κ3) is 4.85. The standard InChI is InChI=1S/C13H20N4O3/c1-3-6-15-13(18)9-16(2)8-10-4-5-11(14)12(7-10)17(19)20/h4-5,7H,3,6,8-9,14H2,1-2H3,(H,15,18). The van der Waals surface area contributed by atoms with Crippen LogP contribution in [-0.4, -0.2) is 35.9 Å². The Hall–Kier alpha value is -2.15. The fourth-order valence-electron chi connectivity index (χ4n) is 1.78. The van der Waals surface area contributed by atoms with Crippen LogP contribution in [0.5, 0.6) is 0 Å². The molecule has 1 aromatic rings. The lowest BCUT2D eigenvalue weighted by Crippen LogP contribution is -2.35. The lowest BCUT2D eigenvalue weighted by atomic mass is 10.1. The number of likely N-dealkylation sites (N-methyl/N-ethyl adjacent to an activating group) is 1. The van der Waals surface area contributed by atoms with Crippen molar-refractivity contribution >= 4 is 17.3 Å². The predicted octanol–water partition coefficient (Wildman–Crippen LogP) is 1.13. The van der Waals surface area contributed by atoms with Crippen molar-refractivity contribution in [3.8, 4) is 0 Å². The number of hydrogen-bond donors (Lipinski definition) is 2. The van der Waals surface area contributed by atoms with E-state index in [1.807, 2.05) is 6.92 Å². The molecule has 110 valence electrons. The summed E-state index contributed by atoms with van der Waals surface area (Å²) >= 11 is 0. The summed E-state index contributed by atoms with van der Waals surface area (Å²) in [4.78, 5) is 23.6. The summed E-state index contributed by atoms with van der Waals surface area (Å²) in [7, 11) is 1.79. The highest BCUT2D eigenvalue weighted by Gasteiger charge is 2.13. The van der Waals surface area contributed by atoms with Gasteiger partial charge in [-0.05, 0) is 25.1 Å². The molecule has 0 bridgehead atoms. The molecule has 0 aromatic heterocycles. The first-order chi connectivity index (χ1) is 9.43. The number of carbonyl (C=O) groups is 1. The number of nitrogen functional groups attached to an aromatic ring is 1. The maximum atomic E-state index is 11.6. The molecule has 20 heavy (non-hydrogen) atoms. The Morgan fingerprint density at radius 1 is 1.50 bits per heavy atom. The first-order valence-electron chi connectivity index (χ1n) is 6.42. The molecule has 0 unspecified atom stereocenters. The van der Waals surface area contributed by atoms with Gasteiger partial charge in [-0.1, -0.05) is 13.0 Å². The topological polar surface area (TPSA) is 102 Å². The minimum atomic E-state index is -0.507. The maximum Gasteiger partial charge on any atom is 0.292 e. The Morgan fingerprint density at radius 3 is 2.80 bits per heavy atom. The largest absolute Gasteiger partial charge is 0.393 e. The number of anilines is 1. The van der Waals surface area contributed by atoms with Crippen LogP contribution in [-0.2, 0) is 11.3 Å². The molecule has 1 rings (SSSR count). The number of nitrogens with two attached hydrogens (primary N) is 1. The molecular formula is C13H20N4O3. The number of nitrogens with zero attached hydrogens (tertiary/aromatic N) is 2. The molecule has 0 spiro atoms. The van der Waals surface area contributed by atoms with Gasteiger partial charge in [0.25, 0.3) is 5.69 Å². The van der Waals surface area contributed by atoms with Gasteiger partial charge in [-0.2, -0.15) is 0 Å². The molecule has 0 saturated heterocycles. The van der Waals surface area contributed by atoms with E-state index in [2.05, 4.69) is 5.32 Å². The number of nitro benzene ring substituents is 1. The molecule has 0 atom stereocenters. The number of nitrogens with one attached hydrogen (secondary N) is 1. The molecule has 1 aromatic carbocycles. The second-order valence-corrected chi connectivity index (χ2v) is 4.67. The lowest BCUT2D eigenvalue weighted by Gasteiger charge is -2.16. The zero-order valence-corrected chi connectivity index (χ0v) is 11.8. The third-order valence-electron chi connectivity index (χ3n) is 2.73. The molecule has 1 amide bonds. The fourth-order valence-corrected chi connectivity index (χ4v) is 1.78. The van der Waals surface area contributed by atoms with Crippen molar-refractivity contribution in [3.63, 3.8) is 0 Å². The number of carbonyl (C=O) groups excluding carboxylic acids is 1. The number of rotatable bonds is 7. The first kappa shape index (κ1) is 15.9. The molecule has 7 nitrogen and oxygen atoms in total. The Labute approximate surface area is 117 Å². The summed E-state index contributed by atoms with van der Waals surface area (Å²) in [6.07, 6.45) is 0.889. The van der Waals surface area contributed by atoms with Crippen LogP contribution in [0.4, 0.5) is 11.4 Å². The van der Waals surface area contributed by atoms with Crippen molar-refractivity contribution in [2.45, 2.75) is 19.9 Å². The maximum absolute atomic E-state index is 11.6. The number of amides is 1. The van der Waals surface area contributed by atoms with Crippen molar-refractivity contribution in [3.05, 3.63) is 33.9 Å². The van der Waals surface area contributed by atoms with E-state index in [0.717, 1.165) is 12.0 Å². The molecular weight excluding hydrogens is 260 g/mol. The van der Waals surface area contributed by atoms with E-state index in [1.165, 1.54) is 12.1 Å². The van der Waals surface area contributed by atoms with Crippen LogP contribution in [0, 0.1) is 10.1 Å². The summed E-state index contributed by atoms with van der Waals surface area (Å²) < 4.78 is 0. The zero-order chi connectivity index (χ0) is 15.1. The van der Waals surface area contributed by atoms with Crippen LogP contribution in [0.1, 0.15) is 18.9 Å². The van der Waals surface area contributed by atoms with Crippen molar-refractivity contribution in [2.24, 2.45) is 0 Å². The lowest BCUT2D eigenvalue weighted by molar-refractivity contribution is -0.384. The van der Waals surface area contributed by atoms with E-state index in [4.69, 9.17) is 5.73 Å². The molecule has 0 radical (unpaired) electrons. The Kier molecular flexibility index (Phi) is 5.92. The minimum Gasteiger partial charge on any atom is -0.393 e. The Balaban J connectivity index is 2.62. The van der Waals surface area contributed by atoms with Crippen LogP contribution in [0.3, 0.4) is 0 Å². The van der Waals surface area contributed by atoms with Gasteiger partial charge in [0.2, 0.25) is 5.91 Å². The fraction of sp³-hybridized carbons (Fsp3) is 0.462. The average Bonchev–Trinajstić information content (AvgIpc) is 2.38. The van der Waals surface area contributed by atoms with Crippen LogP contribution >= 0.6 is 0 Å². The summed E-state index contributed by atoms with van der Waals surface area (Å²) in [5, 5.41) is 13.6. The molecule has 0 aliphatic heterocycles. The molecule has 3 N–H and O–H groups in total. The normalized spacial score (nSPS) is 10.6. The van der Waals surface area contributed by atoms with Gasteiger partial charge in [0.15, 0.2) is 0 Å². The first-order valence-corrected chi connectivity index (χ1v) is 6.42. The van der Waals surface area contributed by atoms with Gasteiger partial charge in [0, 0.05) is 19.2 Å². The van der Waals surface area contributed by atoms with Crippen molar-refractivity contribution in [1.29, 1.82) is 0 Å². The number of benzene rings is 1. The second-order valence-electron chi connectivity index (χ2n) is 4.67. The molecule has 0 aliphatic carbocycles. The van der Waals surface area contributed by atoms with Gasteiger partial charge < -0.3 is 11.1 Å². The van der Waals surface area contributed by atoms with Gasteiger partial charge in [-0.25, -0.2) is 0 Å². The highest BCUT2D eigenvalue weighted by atomic mass is 16.6. The number of nitro groups is 1. The van der Waals surface area contributed by atoms with E-state index in [0.29, 0.717) is 13.1 Å². The zero-order valence-electron chi connectivity index (χ0n) is 11.8. The molecule has 0 aliphatic rings. The summed E-state index contributed by atoms with van der Waals surface area (Å²) in [5.41, 5.74) is 6.32. The highest BCUT2D eigenvalue weighted by Crippen LogP contribution is 2.22. The van der Waals surface area contributed by atoms with E-state index in [9.17, 15) is 14.9 Å². The number of hydrogen-bond acceptors (Lipinski definition) is 5.